The Bertz CT molecular complexity index is 1240. The van der Waals surface area contributed by atoms with Gasteiger partial charge in [0.15, 0.2) is 0 Å². The maximum Gasteiger partial charge on any atom is 0.408 e. The number of nitrogens with zero attached hydrogens (tertiary/aromatic N) is 1. The van der Waals surface area contributed by atoms with Gasteiger partial charge in [-0.3, -0.25) is 9.59 Å². The van der Waals surface area contributed by atoms with Crippen molar-refractivity contribution in [1.29, 1.82) is 0 Å². The van der Waals surface area contributed by atoms with Gasteiger partial charge in [-0.2, -0.15) is 0 Å². The third kappa shape index (κ3) is 9.15. The molecule has 3 aromatic carbocycles. The van der Waals surface area contributed by atoms with Crippen molar-refractivity contribution < 1.29 is 24.2 Å². The smallest absolute Gasteiger partial charge is 0.408 e. The molecule has 0 radical (unpaired) electrons. The van der Waals surface area contributed by atoms with E-state index in [4.69, 9.17) is 4.74 Å². The molecule has 8 heteroatoms. The molecule has 3 rings (SSSR count). The summed E-state index contributed by atoms with van der Waals surface area (Å²) in [7, 11) is 0. The van der Waals surface area contributed by atoms with Crippen LogP contribution >= 0.6 is 0 Å². The minimum Gasteiger partial charge on any atom is -0.508 e. The van der Waals surface area contributed by atoms with Crippen molar-refractivity contribution >= 4 is 17.9 Å². The molecule has 40 heavy (non-hydrogen) atoms. The van der Waals surface area contributed by atoms with Crippen LogP contribution in [0.5, 0.6) is 5.75 Å². The van der Waals surface area contributed by atoms with Gasteiger partial charge in [0.05, 0.1) is 0 Å². The van der Waals surface area contributed by atoms with E-state index in [2.05, 4.69) is 10.6 Å². The fourth-order valence-corrected chi connectivity index (χ4v) is 4.32. The molecule has 3 aromatic rings. The van der Waals surface area contributed by atoms with Crippen molar-refractivity contribution in [3.05, 3.63) is 102 Å². The van der Waals surface area contributed by atoms with Crippen molar-refractivity contribution in [3.8, 4) is 5.75 Å². The molecule has 0 heterocycles. The number of carbonyl (C=O) groups excluding carboxylic acids is 3. The molecular formula is C32H39N3O5. The number of alkyl carbamates (subject to hydrolysis) is 1. The fraction of sp³-hybridized carbons (Fsp3) is 0.344. The third-order valence-electron chi connectivity index (χ3n) is 6.10. The molecule has 0 saturated heterocycles. The van der Waals surface area contributed by atoms with Gasteiger partial charge in [-0.05, 0) is 56.0 Å². The molecule has 0 aliphatic carbocycles. The van der Waals surface area contributed by atoms with Crippen molar-refractivity contribution in [2.45, 2.75) is 64.8 Å². The molecule has 3 amide bonds. The molecular weight excluding hydrogens is 506 g/mol. The van der Waals surface area contributed by atoms with Crippen molar-refractivity contribution in [2.75, 3.05) is 6.54 Å². The normalized spacial score (nSPS) is 12.6. The van der Waals surface area contributed by atoms with E-state index < -0.39 is 29.7 Å². The average Bonchev–Trinajstić information content (AvgIpc) is 2.92. The average molecular weight is 546 g/mol. The largest absolute Gasteiger partial charge is 0.508 e. The number of carbonyl (C=O) groups is 3. The van der Waals surface area contributed by atoms with E-state index >= 15 is 0 Å². The first-order valence-corrected chi connectivity index (χ1v) is 13.5. The highest BCUT2D eigenvalue weighted by atomic mass is 16.6. The Morgan fingerprint density at radius 3 is 2.05 bits per heavy atom. The summed E-state index contributed by atoms with van der Waals surface area (Å²) in [5.41, 5.74) is 1.57. The first-order valence-electron chi connectivity index (χ1n) is 13.5. The molecule has 0 aliphatic rings. The summed E-state index contributed by atoms with van der Waals surface area (Å²) in [4.78, 5) is 42.3. The molecule has 2 unspecified atom stereocenters. The Morgan fingerprint density at radius 1 is 0.875 bits per heavy atom. The zero-order valence-electron chi connectivity index (χ0n) is 23.6. The summed E-state index contributed by atoms with van der Waals surface area (Å²) in [6.45, 7) is 7.77. The molecule has 212 valence electrons. The highest BCUT2D eigenvalue weighted by Crippen LogP contribution is 2.24. The number of phenolic OH excluding ortho intramolecular Hbond substituents is 1. The molecule has 0 aromatic heterocycles. The number of aromatic hydroxyl groups is 1. The minimum atomic E-state index is -1.01. The van der Waals surface area contributed by atoms with Gasteiger partial charge >= 0.3 is 6.09 Å². The molecule has 0 spiro atoms. The van der Waals surface area contributed by atoms with Crippen LogP contribution in [-0.4, -0.2) is 46.1 Å². The lowest BCUT2D eigenvalue weighted by Crippen LogP contribution is -2.54. The number of benzene rings is 3. The number of phenols is 1. The summed E-state index contributed by atoms with van der Waals surface area (Å²) >= 11 is 0. The highest BCUT2D eigenvalue weighted by molar-refractivity contribution is 5.92. The molecule has 0 saturated carbocycles. The summed E-state index contributed by atoms with van der Waals surface area (Å²) in [6.07, 6.45) is 0.0105. The van der Waals surface area contributed by atoms with E-state index in [-0.39, 0.29) is 18.1 Å². The first-order chi connectivity index (χ1) is 19.1. The number of nitrogens with one attached hydrogen (secondary N) is 2. The standard InChI is InChI=1S/C32H39N3O5/c1-5-20-35(28(25-14-10-7-11-15-25)29(37)33-22-24-12-8-6-9-13-24)30(38)27(34-31(39)40-32(2,3)4)21-23-16-18-26(36)19-17-23/h6-19,27-28,36H,5,20-22H2,1-4H3,(H,33,37)(H,34,39). The van der Waals surface area contributed by atoms with Gasteiger partial charge in [-0.25, -0.2) is 4.79 Å². The summed E-state index contributed by atoms with van der Waals surface area (Å²) < 4.78 is 5.45. The van der Waals surface area contributed by atoms with Gasteiger partial charge in [-0.1, -0.05) is 79.7 Å². The Morgan fingerprint density at radius 2 is 1.48 bits per heavy atom. The number of amides is 3. The van der Waals surface area contributed by atoms with Crippen LogP contribution in [0.2, 0.25) is 0 Å². The molecule has 3 N–H and O–H groups in total. The molecule has 0 bridgehead atoms. The quantitative estimate of drug-likeness (QED) is 0.310. The topological polar surface area (TPSA) is 108 Å². The Balaban J connectivity index is 1.95. The highest BCUT2D eigenvalue weighted by Gasteiger charge is 2.36. The van der Waals surface area contributed by atoms with Crippen LogP contribution in [0.3, 0.4) is 0 Å². The second-order valence-corrected chi connectivity index (χ2v) is 10.6. The summed E-state index contributed by atoms with van der Waals surface area (Å²) in [5.74, 6) is -0.638. The van der Waals surface area contributed by atoms with Crippen molar-refractivity contribution in [1.82, 2.24) is 15.5 Å². The van der Waals surface area contributed by atoms with E-state index in [0.29, 0.717) is 25.1 Å². The zero-order chi connectivity index (χ0) is 29.1. The van der Waals surface area contributed by atoms with Crippen LogP contribution in [0, 0.1) is 0 Å². The van der Waals surface area contributed by atoms with Crippen LogP contribution in [0.1, 0.15) is 56.8 Å². The summed E-state index contributed by atoms with van der Waals surface area (Å²) in [5, 5.41) is 15.4. The van der Waals surface area contributed by atoms with E-state index in [1.165, 1.54) is 17.0 Å². The van der Waals surface area contributed by atoms with Gasteiger partial charge in [-0.15, -0.1) is 0 Å². The number of rotatable bonds is 11. The lowest BCUT2D eigenvalue weighted by Gasteiger charge is -2.34. The Kier molecular flexibility index (Phi) is 10.7. The van der Waals surface area contributed by atoms with Crippen molar-refractivity contribution in [3.63, 3.8) is 0 Å². The first kappa shape index (κ1) is 30.2. The number of hydrogen-bond acceptors (Lipinski definition) is 5. The van der Waals surface area contributed by atoms with Gasteiger partial charge in [0.2, 0.25) is 11.8 Å². The van der Waals surface area contributed by atoms with Gasteiger partial charge < -0.3 is 25.4 Å². The summed E-state index contributed by atoms with van der Waals surface area (Å²) in [6, 6.07) is 23.2. The van der Waals surface area contributed by atoms with Gasteiger partial charge in [0, 0.05) is 19.5 Å². The number of ether oxygens (including phenoxy) is 1. The van der Waals surface area contributed by atoms with Crippen LogP contribution < -0.4 is 10.6 Å². The molecule has 8 nitrogen and oxygen atoms in total. The van der Waals surface area contributed by atoms with Crippen LogP contribution in [0.25, 0.3) is 0 Å². The van der Waals surface area contributed by atoms with Gasteiger partial charge in [0.25, 0.3) is 0 Å². The second kappa shape index (κ2) is 14.2. The zero-order valence-corrected chi connectivity index (χ0v) is 23.6. The van der Waals surface area contributed by atoms with E-state index in [9.17, 15) is 19.5 Å². The second-order valence-electron chi connectivity index (χ2n) is 10.6. The van der Waals surface area contributed by atoms with Crippen molar-refractivity contribution in [2.24, 2.45) is 0 Å². The predicted molar refractivity (Wildman–Crippen MR) is 154 cm³/mol. The third-order valence-corrected chi connectivity index (χ3v) is 6.10. The molecule has 0 fully saturated rings. The molecule has 2 atom stereocenters. The Hall–Kier alpha value is -4.33. The SMILES string of the molecule is CCCN(C(=O)C(Cc1ccc(O)cc1)NC(=O)OC(C)(C)C)C(C(=O)NCc1ccccc1)c1ccccc1. The molecule has 0 aliphatic heterocycles. The van der Waals surface area contributed by atoms with Gasteiger partial charge in [0.1, 0.15) is 23.4 Å². The lowest BCUT2D eigenvalue weighted by atomic mass is 10.00. The van der Waals surface area contributed by atoms with E-state index in [1.54, 1.807) is 32.9 Å². The van der Waals surface area contributed by atoms with Crippen LogP contribution in [0.4, 0.5) is 4.79 Å². The predicted octanol–water partition coefficient (Wildman–Crippen LogP) is 5.12. The lowest BCUT2D eigenvalue weighted by molar-refractivity contribution is -0.142. The van der Waals surface area contributed by atoms with E-state index in [0.717, 1.165) is 11.1 Å². The number of hydrogen-bond donors (Lipinski definition) is 3. The fourth-order valence-electron chi connectivity index (χ4n) is 4.32. The van der Waals surface area contributed by atoms with Crippen LogP contribution in [0.15, 0.2) is 84.9 Å². The Labute approximate surface area is 236 Å². The maximum atomic E-state index is 14.2. The van der Waals surface area contributed by atoms with E-state index in [1.807, 2.05) is 67.6 Å². The minimum absolute atomic E-state index is 0.0959. The maximum absolute atomic E-state index is 14.2. The monoisotopic (exact) mass is 545 g/mol. The van der Waals surface area contributed by atoms with Crippen LogP contribution in [-0.2, 0) is 27.3 Å².